The summed E-state index contributed by atoms with van der Waals surface area (Å²) in [5.74, 6) is 0.310. The molecule has 78 valence electrons. The van der Waals surface area contributed by atoms with E-state index in [0.717, 1.165) is 13.0 Å². The first-order valence-corrected chi connectivity index (χ1v) is 4.92. The summed E-state index contributed by atoms with van der Waals surface area (Å²) in [6, 6.07) is 0. The van der Waals surface area contributed by atoms with Gasteiger partial charge in [-0.3, -0.25) is 4.79 Å². The summed E-state index contributed by atoms with van der Waals surface area (Å²) in [7, 11) is 1.88. The van der Waals surface area contributed by atoms with Crippen molar-refractivity contribution in [1.82, 2.24) is 5.32 Å². The molecule has 0 radical (unpaired) electrons. The number of rotatable bonds is 6. The Morgan fingerprint density at radius 3 is 2.46 bits per heavy atom. The second-order valence-corrected chi connectivity index (χ2v) is 3.65. The summed E-state index contributed by atoms with van der Waals surface area (Å²) in [5.41, 5.74) is 0. The molecule has 0 rings (SSSR count). The first-order valence-electron chi connectivity index (χ1n) is 4.92. The Morgan fingerprint density at radius 2 is 2.00 bits per heavy atom. The molecule has 0 aromatic carbocycles. The van der Waals surface area contributed by atoms with E-state index in [4.69, 9.17) is 4.74 Å². The van der Waals surface area contributed by atoms with E-state index in [-0.39, 0.29) is 12.1 Å². The Hall–Kier alpha value is -0.570. The molecule has 1 atom stereocenters. The summed E-state index contributed by atoms with van der Waals surface area (Å²) in [6.07, 6.45) is 1.39. The number of hydrogen-bond acceptors (Lipinski definition) is 3. The highest BCUT2D eigenvalue weighted by Crippen LogP contribution is 2.06. The van der Waals surface area contributed by atoms with Crippen LogP contribution in [0.15, 0.2) is 0 Å². The van der Waals surface area contributed by atoms with Crippen molar-refractivity contribution in [3.05, 3.63) is 0 Å². The zero-order valence-corrected chi connectivity index (χ0v) is 9.09. The van der Waals surface area contributed by atoms with Crippen LogP contribution in [-0.4, -0.2) is 25.7 Å². The maximum atomic E-state index is 11.2. The van der Waals surface area contributed by atoms with E-state index >= 15 is 0 Å². The van der Waals surface area contributed by atoms with E-state index in [0.29, 0.717) is 12.3 Å². The first-order chi connectivity index (χ1) is 6.07. The van der Waals surface area contributed by atoms with Crippen LogP contribution in [-0.2, 0) is 9.53 Å². The average Bonchev–Trinajstić information content (AvgIpc) is 2.04. The fourth-order valence-electron chi connectivity index (χ4n) is 0.812. The van der Waals surface area contributed by atoms with E-state index in [1.807, 2.05) is 27.8 Å². The molecule has 0 aromatic rings. The minimum absolute atomic E-state index is 0.0297. The number of ether oxygens (including phenoxy) is 1. The van der Waals surface area contributed by atoms with E-state index in [1.165, 1.54) is 0 Å². The summed E-state index contributed by atoms with van der Waals surface area (Å²) >= 11 is 0. The van der Waals surface area contributed by atoms with E-state index in [2.05, 4.69) is 5.32 Å². The smallest absolute Gasteiger partial charge is 0.306 e. The van der Waals surface area contributed by atoms with Crippen LogP contribution in [0.4, 0.5) is 0 Å². The summed E-state index contributed by atoms with van der Waals surface area (Å²) in [4.78, 5) is 11.2. The lowest BCUT2D eigenvalue weighted by Gasteiger charge is -2.16. The van der Waals surface area contributed by atoms with Crippen molar-refractivity contribution in [2.75, 3.05) is 13.6 Å². The Bertz CT molecular complexity index is 146. The SMILES string of the molecule is CNCCCC(=O)OC(C)C(C)C. The van der Waals surface area contributed by atoms with E-state index < -0.39 is 0 Å². The number of nitrogens with one attached hydrogen (secondary N) is 1. The number of carbonyl (C=O) groups excluding carboxylic acids is 1. The van der Waals surface area contributed by atoms with Crippen molar-refractivity contribution in [2.45, 2.75) is 39.7 Å². The molecule has 0 fully saturated rings. The molecule has 0 aliphatic rings. The third kappa shape index (κ3) is 6.58. The highest BCUT2D eigenvalue weighted by atomic mass is 16.5. The molecule has 0 amide bonds. The molecule has 0 saturated heterocycles. The van der Waals surface area contributed by atoms with Crippen LogP contribution in [0.2, 0.25) is 0 Å². The van der Waals surface area contributed by atoms with Gasteiger partial charge in [-0.25, -0.2) is 0 Å². The maximum absolute atomic E-state index is 11.2. The predicted octanol–water partition coefficient (Wildman–Crippen LogP) is 1.57. The minimum Gasteiger partial charge on any atom is -0.462 e. The molecule has 0 heterocycles. The number of hydrogen-bond donors (Lipinski definition) is 1. The van der Waals surface area contributed by atoms with Crippen molar-refractivity contribution in [1.29, 1.82) is 0 Å². The van der Waals surface area contributed by atoms with Crippen LogP contribution in [0.1, 0.15) is 33.6 Å². The fourth-order valence-corrected chi connectivity index (χ4v) is 0.812. The second-order valence-electron chi connectivity index (χ2n) is 3.65. The Labute approximate surface area is 80.8 Å². The van der Waals surface area contributed by atoms with Gasteiger partial charge in [-0.05, 0) is 32.9 Å². The van der Waals surface area contributed by atoms with Crippen LogP contribution >= 0.6 is 0 Å². The van der Waals surface area contributed by atoms with Gasteiger partial charge in [-0.2, -0.15) is 0 Å². The third-order valence-electron chi connectivity index (χ3n) is 2.06. The van der Waals surface area contributed by atoms with Gasteiger partial charge < -0.3 is 10.1 Å². The molecule has 0 aromatic heterocycles. The van der Waals surface area contributed by atoms with Gasteiger partial charge in [0, 0.05) is 6.42 Å². The molecular formula is C10H21NO2. The molecule has 0 saturated carbocycles. The zero-order chi connectivity index (χ0) is 10.3. The maximum Gasteiger partial charge on any atom is 0.306 e. The van der Waals surface area contributed by atoms with Gasteiger partial charge in [0.05, 0.1) is 0 Å². The molecule has 0 aliphatic carbocycles. The highest BCUT2D eigenvalue weighted by molar-refractivity contribution is 5.69. The standard InChI is InChI=1S/C10H21NO2/c1-8(2)9(3)13-10(12)6-5-7-11-4/h8-9,11H,5-7H2,1-4H3. The van der Waals surface area contributed by atoms with Crippen molar-refractivity contribution in [2.24, 2.45) is 5.92 Å². The minimum atomic E-state index is -0.0866. The Morgan fingerprint density at radius 1 is 1.38 bits per heavy atom. The van der Waals surface area contributed by atoms with Gasteiger partial charge in [0.25, 0.3) is 0 Å². The lowest BCUT2D eigenvalue weighted by atomic mass is 10.1. The predicted molar refractivity (Wildman–Crippen MR) is 53.6 cm³/mol. The van der Waals surface area contributed by atoms with Crippen molar-refractivity contribution >= 4 is 5.97 Å². The van der Waals surface area contributed by atoms with Crippen LogP contribution in [0.3, 0.4) is 0 Å². The second kappa shape index (κ2) is 6.89. The van der Waals surface area contributed by atoms with Crippen LogP contribution in [0.5, 0.6) is 0 Å². The summed E-state index contributed by atoms with van der Waals surface area (Å²) in [6.45, 7) is 6.89. The largest absolute Gasteiger partial charge is 0.462 e. The molecule has 3 heteroatoms. The van der Waals surface area contributed by atoms with Gasteiger partial charge in [-0.15, -0.1) is 0 Å². The van der Waals surface area contributed by atoms with Crippen LogP contribution < -0.4 is 5.32 Å². The molecule has 13 heavy (non-hydrogen) atoms. The van der Waals surface area contributed by atoms with Crippen LogP contribution in [0, 0.1) is 5.92 Å². The highest BCUT2D eigenvalue weighted by Gasteiger charge is 2.11. The van der Waals surface area contributed by atoms with Gasteiger partial charge in [-0.1, -0.05) is 13.8 Å². The van der Waals surface area contributed by atoms with Crippen LogP contribution in [0.25, 0.3) is 0 Å². The van der Waals surface area contributed by atoms with Crippen molar-refractivity contribution < 1.29 is 9.53 Å². The van der Waals surface area contributed by atoms with Crippen molar-refractivity contribution in [3.63, 3.8) is 0 Å². The average molecular weight is 187 g/mol. The summed E-state index contributed by atoms with van der Waals surface area (Å²) in [5, 5.41) is 2.99. The fraction of sp³-hybridized carbons (Fsp3) is 0.900. The lowest BCUT2D eigenvalue weighted by Crippen LogP contribution is -2.20. The van der Waals surface area contributed by atoms with Gasteiger partial charge >= 0.3 is 5.97 Å². The molecule has 0 bridgehead atoms. The topological polar surface area (TPSA) is 38.3 Å². The van der Waals surface area contributed by atoms with Gasteiger partial charge in [0.2, 0.25) is 0 Å². The molecular weight excluding hydrogens is 166 g/mol. The quantitative estimate of drug-likeness (QED) is 0.507. The zero-order valence-electron chi connectivity index (χ0n) is 9.09. The Balaban J connectivity index is 3.50. The van der Waals surface area contributed by atoms with Crippen molar-refractivity contribution in [3.8, 4) is 0 Å². The third-order valence-corrected chi connectivity index (χ3v) is 2.06. The first kappa shape index (κ1) is 12.4. The summed E-state index contributed by atoms with van der Waals surface area (Å²) < 4.78 is 5.19. The molecule has 1 unspecified atom stereocenters. The molecule has 0 spiro atoms. The van der Waals surface area contributed by atoms with E-state index in [1.54, 1.807) is 0 Å². The van der Waals surface area contributed by atoms with Gasteiger partial charge in [0.15, 0.2) is 0 Å². The number of esters is 1. The normalized spacial score (nSPS) is 13.0. The van der Waals surface area contributed by atoms with Gasteiger partial charge in [0.1, 0.15) is 6.10 Å². The molecule has 1 N–H and O–H groups in total. The molecule has 0 aliphatic heterocycles. The van der Waals surface area contributed by atoms with E-state index in [9.17, 15) is 4.79 Å². The number of carbonyl (C=O) groups is 1. The monoisotopic (exact) mass is 187 g/mol. The Kier molecular flexibility index (Phi) is 6.59. The lowest BCUT2D eigenvalue weighted by molar-refractivity contribution is -0.150. The molecule has 3 nitrogen and oxygen atoms in total.